The average Bonchev–Trinajstić information content (AvgIpc) is 2.73. The van der Waals surface area contributed by atoms with E-state index in [1.807, 2.05) is 42.1 Å². The van der Waals surface area contributed by atoms with Gasteiger partial charge in [0.15, 0.2) is 0 Å². The van der Waals surface area contributed by atoms with E-state index in [4.69, 9.17) is 9.47 Å². The highest BCUT2D eigenvalue weighted by Gasteiger charge is 1.99. The molecule has 0 aliphatic rings. The van der Waals surface area contributed by atoms with E-state index in [0.29, 0.717) is 6.61 Å². The third-order valence-electron chi connectivity index (χ3n) is 2.20. The summed E-state index contributed by atoms with van der Waals surface area (Å²) in [4.78, 5) is 4.18. The lowest BCUT2D eigenvalue weighted by atomic mass is 10.3. The molecule has 0 N–H and O–H groups in total. The molecule has 1 aromatic heterocycles. The van der Waals surface area contributed by atoms with E-state index in [1.165, 1.54) is 0 Å². The summed E-state index contributed by atoms with van der Waals surface area (Å²) < 4.78 is 12.5. The van der Waals surface area contributed by atoms with E-state index in [2.05, 4.69) is 4.98 Å². The number of hydrogen-bond acceptors (Lipinski definition) is 3. The largest absolute Gasteiger partial charge is 0.497 e. The van der Waals surface area contributed by atoms with Crippen LogP contribution in [0, 0.1) is 0 Å². The van der Waals surface area contributed by atoms with Crippen LogP contribution < -0.4 is 9.47 Å². The van der Waals surface area contributed by atoms with Crippen LogP contribution in [0.3, 0.4) is 0 Å². The third-order valence-corrected chi connectivity index (χ3v) is 2.20. The smallest absolute Gasteiger partial charge is 0.132 e. The highest BCUT2D eigenvalue weighted by Crippen LogP contribution is 2.17. The quantitative estimate of drug-likeness (QED) is 0.787. The van der Waals surface area contributed by atoms with Gasteiger partial charge < -0.3 is 14.0 Å². The molecule has 4 nitrogen and oxygen atoms in total. The maximum atomic E-state index is 5.57. The zero-order chi connectivity index (χ0) is 11.4. The van der Waals surface area contributed by atoms with Gasteiger partial charge in [-0.2, -0.15) is 0 Å². The van der Waals surface area contributed by atoms with Gasteiger partial charge in [0.2, 0.25) is 0 Å². The fraction of sp³-hybridized carbons (Fsp3) is 0.250. The van der Waals surface area contributed by atoms with E-state index in [-0.39, 0.29) is 0 Å². The Kier molecular flexibility index (Phi) is 3.10. The molecular weight excluding hydrogens is 204 g/mol. The maximum Gasteiger partial charge on any atom is 0.132 e. The predicted octanol–water partition coefficient (Wildman–Crippen LogP) is 2.01. The molecular formula is C12H14N2O2. The van der Waals surface area contributed by atoms with E-state index < -0.39 is 0 Å². The van der Waals surface area contributed by atoms with Crippen LogP contribution in [0.15, 0.2) is 36.8 Å². The number of hydrogen-bond donors (Lipinski definition) is 0. The van der Waals surface area contributed by atoms with Gasteiger partial charge in [-0.15, -0.1) is 0 Å². The number of aryl methyl sites for hydroxylation is 1. The Morgan fingerprint density at radius 2 is 1.88 bits per heavy atom. The van der Waals surface area contributed by atoms with Gasteiger partial charge in [-0.25, -0.2) is 4.98 Å². The van der Waals surface area contributed by atoms with Crippen molar-refractivity contribution in [3.63, 3.8) is 0 Å². The SMILES string of the molecule is COc1ccc(OCc2cn(C)cn2)cc1. The van der Waals surface area contributed by atoms with Crippen LogP contribution in [0.4, 0.5) is 0 Å². The first-order valence-corrected chi connectivity index (χ1v) is 5.01. The summed E-state index contributed by atoms with van der Waals surface area (Å²) in [5.41, 5.74) is 0.915. The Morgan fingerprint density at radius 1 is 1.19 bits per heavy atom. The number of rotatable bonds is 4. The molecule has 16 heavy (non-hydrogen) atoms. The van der Waals surface area contributed by atoms with Crippen molar-refractivity contribution in [1.82, 2.24) is 9.55 Å². The summed E-state index contributed by atoms with van der Waals surface area (Å²) in [5, 5.41) is 0. The van der Waals surface area contributed by atoms with Crippen LogP contribution >= 0.6 is 0 Å². The van der Waals surface area contributed by atoms with E-state index in [9.17, 15) is 0 Å². The molecule has 0 aliphatic heterocycles. The molecule has 0 aliphatic carbocycles. The molecule has 0 atom stereocenters. The van der Waals surface area contributed by atoms with Crippen molar-refractivity contribution in [2.75, 3.05) is 7.11 Å². The van der Waals surface area contributed by atoms with E-state index >= 15 is 0 Å². The maximum absolute atomic E-state index is 5.57. The van der Waals surface area contributed by atoms with Crippen LogP contribution in [-0.2, 0) is 13.7 Å². The Bertz CT molecular complexity index is 448. The summed E-state index contributed by atoms with van der Waals surface area (Å²) in [6, 6.07) is 7.49. The number of benzene rings is 1. The van der Waals surface area contributed by atoms with Crippen molar-refractivity contribution in [3.8, 4) is 11.5 Å². The molecule has 84 valence electrons. The number of aromatic nitrogens is 2. The second-order valence-electron chi connectivity index (χ2n) is 3.49. The lowest BCUT2D eigenvalue weighted by Gasteiger charge is -2.05. The highest BCUT2D eigenvalue weighted by atomic mass is 16.5. The topological polar surface area (TPSA) is 36.3 Å². The van der Waals surface area contributed by atoms with Crippen LogP contribution in [0.2, 0.25) is 0 Å². The molecule has 0 fully saturated rings. The van der Waals surface area contributed by atoms with E-state index in [1.54, 1.807) is 13.4 Å². The fourth-order valence-electron chi connectivity index (χ4n) is 1.37. The summed E-state index contributed by atoms with van der Waals surface area (Å²) in [6.45, 7) is 0.479. The normalized spacial score (nSPS) is 10.1. The third kappa shape index (κ3) is 2.53. The molecule has 0 unspecified atom stereocenters. The van der Waals surface area contributed by atoms with Crippen molar-refractivity contribution < 1.29 is 9.47 Å². The van der Waals surface area contributed by atoms with Crippen LogP contribution in [0.25, 0.3) is 0 Å². The lowest BCUT2D eigenvalue weighted by molar-refractivity contribution is 0.301. The molecule has 0 saturated heterocycles. The van der Waals surface area contributed by atoms with Gasteiger partial charge in [0.1, 0.15) is 18.1 Å². The van der Waals surface area contributed by atoms with Gasteiger partial charge in [-0.3, -0.25) is 0 Å². The lowest BCUT2D eigenvalue weighted by Crippen LogP contribution is -1.95. The molecule has 2 aromatic rings. The standard InChI is InChI=1S/C12H14N2O2/c1-14-7-10(13-9-14)8-16-12-5-3-11(15-2)4-6-12/h3-7,9H,8H2,1-2H3. The second kappa shape index (κ2) is 4.70. The van der Waals surface area contributed by atoms with Crippen LogP contribution in [0.5, 0.6) is 11.5 Å². The monoisotopic (exact) mass is 218 g/mol. The zero-order valence-corrected chi connectivity index (χ0v) is 9.38. The van der Waals surface area contributed by atoms with Crippen molar-refractivity contribution in [1.29, 1.82) is 0 Å². The molecule has 4 heteroatoms. The number of methoxy groups -OCH3 is 1. The Balaban J connectivity index is 1.94. The van der Waals surface area contributed by atoms with Crippen LogP contribution in [-0.4, -0.2) is 16.7 Å². The van der Waals surface area contributed by atoms with Crippen molar-refractivity contribution in [2.45, 2.75) is 6.61 Å². The number of imidazole rings is 1. The number of nitrogens with zero attached hydrogens (tertiary/aromatic N) is 2. The van der Waals surface area contributed by atoms with Gasteiger partial charge in [-0.1, -0.05) is 0 Å². The first-order chi connectivity index (χ1) is 7.78. The highest BCUT2D eigenvalue weighted by molar-refractivity contribution is 5.31. The molecule has 1 aromatic carbocycles. The fourth-order valence-corrected chi connectivity index (χ4v) is 1.37. The molecule has 0 saturated carbocycles. The molecule has 0 spiro atoms. The van der Waals surface area contributed by atoms with Crippen molar-refractivity contribution in [2.24, 2.45) is 7.05 Å². The minimum atomic E-state index is 0.479. The Morgan fingerprint density at radius 3 is 2.44 bits per heavy atom. The van der Waals surface area contributed by atoms with Crippen molar-refractivity contribution in [3.05, 3.63) is 42.5 Å². The second-order valence-corrected chi connectivity index (χ2v) is 3.49. The molecule has 0 bridgehead atoms. The van der Waals surface area contributed by atoms with Crippen molar-refractivity contribution >= 4 is 0 Å². The average molecular weight is 218 g/mol. The molecule has 0 radical (unpaired) electrons. The predicted molar refractivity (Wildman–Crippen MR) is 60.5 cm³/mol. The minimum absolute atomic E-state index is 0.479. The van der Waals surface area contributed by atoms with Gasteiger partial charge >= 0.3 is 0 Å². The summed E-state index contributed by atoms with van der Waals surface area (Å²) >= 11 is 0. The zero-order valence-electron chi connectivity index (χ0n) is 9.38. The molecule has 0 amide bonds. The Hall–Kier alpha value is -1.97. The Labute approximate surface area is 94.4 Å². The van der Waals surface area contributed by atoms with Gasteiger partial charge in [-0.05, 0) is 24.3 Å². The summed E-state index contributed by atoms with van der Waals surface area (Å²) in [7, 11) is 3.58. The van der Waals surface area contributed by atoms with Gasteiger partial charge in [0, 0.05) is 13.2 Å². The van der Waals surface area contributed by atoms with Gasteiger partial charge in [0.25, 0.3) is 0 Å². The van der Waals surface area contributed by atoms with Gasteiger partial charge in [0.05, 0.1) is 19.1 Å². The summed E-state index contributed by atoms with van der Waals surface area (Å²) in [5.74, 6) is 1.64. The first-order valence-electron chi connectivity index (χ1n) is 5.01. The molecule has 2 rings (SSSR count). The van der Waals surface area contributed by atoms with Crippen LogP contribution in [0.1, 0.15) is 5.69 Å². The molecule has 1 heterocycles. The van der Waals surface area contributed by atoms with E-state index in [0.717, 1.165) is 17.2 Å². The first kappa shape index (κ1) is 10.5. The number of ether oxygens (including phenoxy) is 2. The minimum Gasteiger partial charge on any atom is -0.497 e. The summed E-state index contributed by atoms with van der Waals surface area (Å²) in [6.07, 6.45) is 3.69.